The molecule has 6 unspecified atom stereocenters. The maximum Gasteiger partial charge on any atom is 0.472 e. The first kappa shape index (κ1) is 55.1. The van der Waals surface area contributed by atoms with Crippen LogP contribution in [-0.2, 0) is 32.7 Å². The van der Waals surface area contributed by atoms with Crippen molar-refractivity contribution in [3.8, 4) is 0 Å². The average molecular weight is 861 g/mol. The highest BCUT2D eigenvalue weighted by atomic mass is 31.2. The predicted molar refractivity (Wildman–Crippen MR) is 230 cm³/mol. The lowest BCUT2D eigenvalue weighted by molar-refractivity contribution is -0.220. The molecule has 14 heteroatoms. The van der Waals surface area contributed by atoms with Gasteiger partial charge in [0.15, 0.2) is 6.10 Å². The minimum atomic E-state index is -5.13. The first-order chi connectivity index (χ1) is 28.4. The third-order valence-electron chi connectivity index (χ3n) is 10.5. The highest BCUT2D eigenvalue weighted by Crippen LogP contribution is 2.47. The third kappa shape index (κ3) is 28.3. The van der Waals surface area contributed by atoms with E-state index >= 15 is 0 Å². The molecule has 13 nitrogen and oxygen atoms in total. The number of hydrogen-bond donors (Lipinski definition) is 6. The van der Waals surface area contributed by atoms with E-state index in [-0.39, 0.29) is 12.8 Å². The molecule has 0 aliphatic heterocycles. The van der Waals surface area contributed by atoms with E-state index in [1.54, 1.807) is 0 Å². The van der Waals surface area contributed by atoms with Crippen molar-refractivity contribution >= 4 is 19.8 Å². The monoisotopic (exact) mass is 861 g/mol. The molecule has 1 rings (SSSR count). The van der Waals surface area contributed by atoms with E-state index in [1.807, 2.05) is 0 Å². The number of hydrogen-bond acceptors (Lipinski definition) is 12. The molecule has 0 heterocycles. The van der Waals surface area contributed by atoms with Gasteiger partial charge < -0.3 is 39.9 Å². The van der Waals surface area contributed by atoms with Crippen LogP contribution in [0.3, 0.4) is 0 Å². The summed E-state index contributed by atoms with van der Waals surface area (Å²) >= 11 is 0. The molecule has 0 saturated heterocycles. The topological polar surface area (TPSA) is 210 Å². The van der Waals surface area contributed by atoms with Gasteiger partial charge >= 0.3 is 19.8 Å². The molecule has 6 N–H and O–H groups in total. The van der Waals surface area contributed by atoms with E-state index in [4.69, 9.17) is 18.5 Å². The van der Waals surface area contributed by atoms with Crippen molar-refractivity contribution in [2.24, 2.45) is 0 Å². The number of ether oxygens (including phenoxy) is 2. The SMILES string of the molecule is CCCCCCCC/C=C/C/C=C/CCCCC(=O)O[C@H](COC(=O)CCCC/C=C/CCCCCCCCCCC)COP(=O)(O)OC1C(O)C(O)C(O)[C@@H](O)C1O. The molecule has 0 radical (unpaired) electrons. The van der Waals surface area contributed by atoms with E-state index in [0.717, 1.165) is 44.9 Å². The molecule has 59 heavy (non-hydrogen) atoms. The Hall–Kier alpha value is -1.93. The molecule has 0 aromatic rings. The highest BCUT2D eigenvalue weighted by Gasteiger charge is 2.51. The Bertz CT molecular complexity index is 1180. The Morgan fingerprint density at radius 1 is 0.525 bits per heavy atom. The van der Waals surface area contributed by atoms with Gasteiger partial charge in [0.2, 0.25) is 0 Å². The minimum absolute atomic E-state index is 0.0505. The van der Waals surface area contributed by atoms with Crippen molar-refractivity contribution in [3.63, 3.8) is 0 Å². The van der Waals surface area contributed by atoms with Crippen LogP contribution in [0.2, 0.25) is 0 Å². The van der Waals surface area contributed by atoms with Crippen molar-refractivity contribution in [2.45, 2.75) is 224 Å². The molecule has 344 valence electrons. The molecule has 1 aliphatic rings. The first-order valence-corrected chi connectivity index (χ1v) is 24.3. The van der Waals surface area contributed by atoms with Gasteiger partial charge in [0, 0.05) is 12.8 Å². The number of phosphoric ester groups is 1. The van der Waals surface area contributed by atoms with Crippen molar-refractivity contribution in [3.05, 3.63) is 36.5 Å². The predicted octanol–water partition coefficient (Wildman–Crippen LogP) is 8.61. The molecule has 8 atom stereocenters. The zero-order valence-corrected chi connectivity index (χ0v) is 37.2. The van der Waals surface area contributed by atoms with Crippen molar-refractivity contribution < 1.29 is 63.1 Å². The summed E-state index contributed by atoms with van der Waals surface area (Å²) in [4.78, 5) is 35.6. The second-order valence-electron chi connectivity index (χ2n) is 15.9. The fourth-order valence-corrected chi connectivity index (χ4v) is 7.70. The van der Waals surface area contributed by atoms with Crippen LogP contribution in [-0.4, -0.2) is 98.3 Å². The fraction of sp³-hybridized carbons (Fsp3) is 0.822. The lowest BCUT2D eigenvalue weighted by Gasteiger charge is -2.41. The molecule has 0 aromatic heterocycles. The summed E-state index contributed by atoms with van der Waals surface area (Å²) in [6, 6.07) is 0. The summed E-state index contributed by atoms with van der Waals surface area (Å²) in [6.45, 7) is 3.24. The normalized spacial score (nSPS) is 22.6. The lowest BCUT2D eigenvalue weighted by Crippen LogP contribution is -2.64. The molecule has 1 fully saturated rings. The Kier molecular flexibility index (Phi) is 33.3. The zero-order valence-electron chi connectivity index (χ0n) is 36.3. The summed E-state index contributed by atoms with van der Waals surface area (Å²) in [5.74, 6) is -1.16. The summed E-state index contributed by atoms with van der Waals surface area (Å²) in [5, 5.41) is 50.1. The number of esters is 2. The van der Waals surface area contributed by atoms with E-state index in [2.05, 4.69) is 50.3 Å². The Morgan fingerprint density at radius 2 is 0.915 bits per heavy atom. The Balaban J connectivity index is 2.51. The van der Waals surface area contributed by atoms with Gasteiger partial charge in [-0.05, 0) is 70.6 Å². The highest BCUT2D eigenvalue weighted by molar-refractivity contribution is 7.47. The number of aliphatic hydroxyl groups is 5. The largest absolute Gasteiger partial charge is 0.472 e. The minimum Gasteiger partial charge on any atom is -0.462 e. The van der Waals surface area contributed by atoms with Gasteiger partial charge in [0.05, 0.1) is 6.61 Å². The summed E-state index contributed by atoms with van der Waals surface area (Å²) in [5.41, 5.74) is 0. The Labute approximate surface area is 355 Å². The number of allylic oxidation sites excluding steroid dienone is 6. The fourth-order valence-electron chi connectivity index (χ4n) is 6.72. The molecule has 0 spiro atoms. The van der Waals surface area contributed by atoms with Gasteiger partial charge in [-0.3, -0.25) is 18.6 Å². The van der Waals surface area contributed by atoms with Crippen molar-refractivity contribution in [1.29, 1.82) is 0 Å². The van der Waals surface area contributed by atoms with Gasteiger partial charge in [-0.25, -0.2) is 4.57 Å². The number of rotatable bonds is 37. The molecular formula is C45H81O13P. The van der Waals surface area contributed by atoms with Crippen LogP contribution < -0.4 is 0 Å². The second kappa shape index (κ2) is 35.6. The van der Waals surface area contributed by atoms with Gasteiger partial charge in [0.25, 0.3) is 0 Å². The van der Waals surface area contributed by atoms with E-state index in [0.29, 0.717) is 12.8 Å². The third-order valence-corrected chi connectivity index (χ3v) is 11.4. The Morgan fingerprint density at radius 3 is 1.39 bits per heavy atom. The molecule has 0 aromatic carbocycles. The van der Waals surface area contributed by atoms with Crippen LogP contribution in [0.25, 0.3) is 0 Å². The van der Waals surface area contributed by atoms with Gasteiger partial charge in [-0.1, -0.05) is 134 Å². The van der Waals surface area contributed by atoms with Crippen molar-refractivity contribution in [2.75, 3.05) is 13.2 Å². The van der Waals surface area contributed by atoms with Crippen LogP contribution in [0.1, 0.15) is 181 Å². The van der Waals surface area contributed by atoms with Crippen LogP contribution in [0, 0.1) is 0 Å². The second-order valence-corrected chi connectivity index (χ2v) is 17.3. The van der Waals surface area contributed by atoms with Gasteiger partial charge in [-0.15, -0.1) is 0 Å². The maximum absolute atomic E-state index is 12.8. The van der Waals surface area contributed by atoms with Crippen LogP contribution >= 0.6 is 7.82 Å². The first-order valence-electron chi connectivity index (χ1n) is 22.8. The van der Waals surface area contributed by atoms with Gasteiger partial charge in [0.1, 0.15) is 43.2 Å². The lowest BCUT2D eigenvalue weighted by atomic mass is 9.85. The molecule has 0 amide bonds. The van der Waals surface area contributed by atoms with E-state index in [1.165, 1.54) is 96.3 Å². The van der Waals surface area contributed by atoms with Crippen molar-refractivity contribution in [1.82, 2.24) is 0 Å². The molecular weight excluding hydrogens is 779 g/mol. The summed E-state index contributed by atoms with van der Waals surface area (Å²) in [6.07, 6.45) is 26.4. The molecule has 0 bridgehead atoms. The average Bonchev–Trinajstić information content (AvgIpc) is 3.21. The number of carbonyl (C=O) groups excluding carboxylic acids is 2. The summed E-state index contributed by atoms with van der Waals surface area (Å²) < 4.78 is 33.4. The standard InChI is InChI=1S/C45H81O13P/c1-3-5-7-9-11-13-15-17-19-21-23-25-27-29-31-33-38(46)55-35-37(36-56-59(53,54)58-45-43(51)41(49)40(48)42(50)44(45)52)57-39(47)34-32-30-28-26-24-22-20-18-16-14-12-10-8-6-4-2/h18,20,23-26,37,40-45,48-52H,3-17,19,21-22,27-36H2,1-2H3,(H,53,54)/b20-18+,25-23+,26-24+/t37-,40?,41-,42?,43?,44?,45?/m1/s1. The number of unbranched alkanes of at least 4 members (excludes halogenated alkanes) is 19. The number of carbonyl (C=O) groups is 2. The quantitative estimate of drug-likeness (QED) is 0.0150. The maximum atomic E-state index is 12.8. The number of aliphatic hydroxyl groups excluding tert-OH is 5. The van der Waals surface area contributed by atoms with Crippen LogP contribution in [0.5, 0.6) is 0 Å². The van der Waals surface area contributed by atoms with Crippen LogP contribution in [0.15, 0.2) is 36.5 Å². The molecule has 1 saturated carbocycles. The van der Waals surface area contributed by atoms with Gasteiger partial charge in [-0.2, -0.15) is 0 Å². The van der Waals surface area contributed by atoms with Crippen LogP contribution in [0.4, 0.5) is 0 Å². The molecule has 1 aliphatic carbocycles. The number of phosphoric acid groups is 1. The summed E-state index contributed by atoms with van der Waals surface area (Å²) in [7, 11) is -5.13. The smallest absolute Gasteiger partial charge is 0.462 e. The zero-order chi connectivity index (χ0) is 43.6. The van der Waals surface area contributed by atoms with E-state index < -0.39 is 75.7 Å². The van der Waals surface area contributed by atoms with E-state index in [9.17, 15) is 44.6 Å².